The lowest BCUT2D eigenvalue weighted by Crippen LogP contribution is -2.37. The molecule has 0 radical (unpaired) electrons. The molecule has 0 bridgehead atoms. The Morgan fingerprint density at radius 1 is 1.13 bits per heavy atom. The Morgan fingerprint density at radius 2 is 1.90 bits per heavy atom. The van der Waals surface area contributed by atoms with Gasteiger partial charge in [-0.2, -0.15) is 14.0 Å². The molecule has 4 aromatic rings. The molecular formula is C28H29F2N7O2. The number of pyridine rings is 1. The summed E-state index contributed by atoms with van der Waals surface area (Å²) in [6.45, 7) is 6.39. The topological polar surface area (TPSA) is 89.6 Å². The van der Waals surface area contributed by atoms with Crippen LogP contribution in [0.5, 0.6) is 0 Å². The summed E-state index contributed by atoms with van der Waals surface area (Å²) in [5.41, 5.74) is 2.34. The Balaban J connectivity index is 1.26. The van der Waals surface area contributed by atoms with Gasteiger partial charge < -0.3 is 15.0 Å². The highest BCUT2D eigenvalue weighted by molar-refractivity contribution is 6.04. The molecule has 2 saturated carbocycles. The minimum Gasteiger partial charge on any atom is -0.378 e. The lowest BCUT2D eigenvalue weighted by molar-refractivity contribution is 0.102. The third-order valence-electron chi connectivity index (χ3n) is 8.03. The van der Waals surface area contributed by atoms with Crippen LogP contribution in [0.4, 0.5) is 20.3 Å². The molecule has 1 amide bonds. The van der Waals surface area contributed by atoms with Crippen LogP contribution in [0.25, 0.3) is 16.8 Å². The van der Waals surface area contributed by atoms with E-state index in [0.29, 0.717) is 30.3 Å². The molecule has 9 nitrogen and oxygen atoms in total. The second-order valence-corrected chi connectivity index (χ2v) is 11.1. The van der Waals surface area contributed by atoms with E-state index in [0.717, 1.165) is 61.5 Å². The summed E-state index contributed by atoms with van der Waals surface area (Å²) < 4.78 is 38.7. The largest absolute Gasteiger partial charge is 0.378 e. The summed E-state index contributed by atoms with van der Waals surface area (Å²) >= 11 is 0. The fourth-order valence-corrected chi connectivity index (χ4v) is 5.20. The lowest BCUT2D eigenvalue weighted by Gasteiger charge is -2.29. The highest BCUT2D eigenvalue weighted by Gasteiger charge is 2.43. The quantitative estimate of drug-likeness (QED) is 0.388. The van der Waals surface area contributed by atoms with Crippen LogP contribution in [0.15, 0.2) is 30.5 Å². The van der Waals surface area contributed by atoms with E-state index < -0.39 is 23.2 Å². The van der Waals surface area contributed by atoms with E-state index in [9.17, 15) is 9.18 Å². The average molecular weight is 534 g/mol. The van der Waals surface area contributed by atoms with Crippen LogP contribution in [0.2, 0.25) is 0 Å². The Hall–Kier alpha value is -3.86. The number of aryl methyl sites for hydroxylation is 1. The van der Waals surface area contributed by atoms with Crippen LogP contribution >= 0.6 is 0 Å². The number of aromatic nitrogens is 5. The SMILES string of the molecule is Cc1cc(F)c(NC(=O)c2cnn(C3(C)CC3)c2F)cc1-c1cc(N2CCOCC2)n2nc(C3CC3)nc2c1. The number of morpholine rings is 1. The van der Waals surface area contributed by atoms with Gasteiger partial charge in [-0.15, -0.1) is 5.10 Å². The zero-order valence-corrected chi connectivity index (χ0v) is 21.9. The molecule has 1 aromatic carbocycles. The molecule has 1 N–H and O–H groups in total. The maximum atomic E-state index is 15.1. The molecule has 3 fully saturated rings. The van der Waals surface area contributed by atoms with Gasteiger partial charge in [0.1, 0.15) is 17.2 Å². The number of anilines is 2. The van der Waals surface area contributed by atoms with E-state index in [1.807, 2.05) is 30.5 Å². The second kappa shape index (κ2) is 8.84. The third-order valence-corrected chi connectivity index (χ3v) is 8.03. The van der Waals surface area contributed by atoms with Crippen molar-refractivity contribution >= 4 is 23.1 Å². The molecule has 202 valence electrons. The molecule has 7 rings (SSSR count). The van der Waals surface area contributed by atoms with Crippen LogP contribution in [-0.2, 0) is 10.3 Å². The van der Waals surface area contributed by atoms with Crippen molar-refractivity contribution in [1.82, 2.24) is 24.4 Å². The number of ether oxygens (including phenoxy) is 1. The number of carbonyl (C=O) groups excluding carboxylic acids is 1. The third kappa shape index (κ3) is 4.25. The van der Waals surface area contributed by atoms with E-state index in [4.69, 9.17) is 14.8 Å². The summed E-state index contributed by atoms with van der Waals surface area (Å²) in [6, 6.07) is 6.94. The van der Waals surface area contributed by atoms with Crippen molar-refractivity contribution in [3.8, 4) is 11.1 Å². The standard InChI is InChI=1S/C28H29F2N7O2/c1-16-11-21(29)22(32-27(38)20-15-31-37(25(20)30)28(2)5-6-28)14-19(16)18-12-23-33-26(17-3-4-17)34-36(23)24(13-18)35-7-9-39-10-8-35/h11-15,17H,3-10H2,1-2H3,(H,32,38). The molecule has 0 spiro atoms. The van der Waals surface area contributed by atoms with E-state index in [-0.39, 0.29) is 11.3 Å². The number of rotatable bonds is 6. The van der Waals surface area contributed by atoms with Gasteiger partial charge in [-0.1, -0.05) is 0 Å². The number of halogens is 2. The van der Waals surface area contributed by atoms with Crippen molar-refractivity contribution in [2.45, 2.75) is 51.0 Å². The van der Waals surface area contributed by atoms with Gasteiger partial charge in [0.05, 0.1) is 30.6 Å². The normalized spacial score (nSPS) is 18.5. The van der Waals surface area contributed by atoms with Crippen molar-refractivity contribution in [1.29, 1.82) is 0 Å². The Bertz CT molecular complexity index is 1610. The van der Waals surface area contributed by atoms with Crippen LogP contribution < -0.4 is 10.2 Å². The molecule has 3 aromatic heterocycles. The number of nitrogens with one attached hydrogen (secondary N) is 1. The lowest BCUT2D eigenvalue weighted by atomic mass is 9.99. The molecule has 1 saturated heterocycles. The number of benzene rings is 1. The van der Waals surface area contributed by atoms with Crippen molar-refractivity contribution in [2.75, 3.05) is 36.5 Å². The van der Waals surface area contributed by atoms with E-state index >= 15 is 4.39 Å². The number of nitrogens with zero attached hydrogens (tertiary/aromatic N) is 6. The maximum Gasteiger partial charge on any atom is 0.262 e. The van der Waals surface area contributed by atoms with Gasteiger partial charge in [0, 0.05) is 19.0 Å². The van der Waals surface area contributed by atoms with Gasteiger partial charge in [-0.3, -0.25) is 4.79 Å². The first-order chi connectivity index (χ1) is 18.8. The van der Waals surface area contributed by atoms with Crippen LogP contribution in [0, 0.1) is 18.7 Å². The minimum absolute atomic E-state index is 0.0293. The van der Waals surface area contributed by atoms with E-state index in [2.05, 4.69) is 15.3 Å². The molecule has 2 aliphatic carbocycles. The summed E-state index contributed by atoms with van der Waals surface area (Å²) in [5, 5.41) is 11.4. The predicted molar refractivity (Wildman–Crippen MR) is 141 cm³/mol. The van der Waals surface area contributed by atoms with Gasteiger partial charge in [0.2, 0.25) is 5.95 Å². The maximum absolute atomic E-state index is 15.1. The van der Waals surface area contributed by atoms with Crippen molar-refractivity contribution in [3.05, 3.63) is 59.2 Å². The molecule has 11 heteroatoms. The summed E-state index contributed by atoms with van der Waals surface area (Å²) in [7, 11) is 0. The average Bonchev–Trinajstić information content (AvgIpc) is 3.83. The van der Waals surface area contributed by atoms with Gasteiger partial charge >= 0.3 is 0 Å². The van der Waals surface area contributed by atoms with Gasteiger partial charge in [-0.05, 0) is 80.5 Å². The smallest absolute Gasteiger partial charge is 0.262 e. The van der Waals surface area contributed by atoms with E-state index in [1.54, 1.807) is 6.07 Å². The fraction of sp³-hybridized carbons (Fsp3) is 0.429. The highest BCUT2D eigenvalue weighted by Crippen LogP contribution is 2.43. The molecule has 3 aliphatic rings. The number of carbonyl (C=O) groups is 1. The number of amides is 1. The highest BCUT2D eigenvalue weighted by atomic mass is 19.1. The molecule has 0 unspecified atom stereocenters. The first-order valence-corrected chi connectivity index (χ1v) is 13.4. The van der Waals surface area contributed by atoms with Gasteiger partial charge in [0.15, 0.2) is 11.5 Å². The van der Waals surface area contributed by atoms with Crippen LogP contribution in [0.1, 0.15) is 60.3 Å². The molecule has 39 heavy (non-hydrogen) atoms. The van der Waals surface area contributed by atoms with Gasteiger partial charge in [0.25, 0.3) is 5.91 Å². The molecule has 4 heterocycles. The minimum atomic E-state index is -0.743. The number of hydrogen-bond acceptors (Lipinski definition) is 6. The van der Waals surface area contributed by atoms with E-state index in [1.165, 1.54) is 16.9 Å². The molecule has 0 atom stereocenters. The molecular weight excluding hydrogens is 504 g/mol. The Morgan fingerprint density at radius 3 is 2.62 bits per heavy atom. The van der Waals surface area contributed by atoms with Crippen LogP contribution in [-0.4, -0.2) is 56.6 Å². The predicted octanol–water partition coefficient (Wildman–Crippen LogP) is 4.65. The zero-order chi connectivity index (χ0) is 26.9. The second-order valence-electron chi connectivity index (χ2n) is 11.1. The zero-order valence-electron chi connectivity index (χ0n) is 21.9. The first kappa shape index (κ1) is 24.2. The molecule has 1 aliphatic heterocycles. The fourth-order valence-electron chi connectivity index (χ4n) is 5.20. The Labute approximate surface area is 223 Å². The first-order valence-electron chi connectivity index (χ1n) is 13.4. The van der Waals surface area contributed by atoms with Crippen molar-refractivity contribution in [3.63, 3.8) is 0 Å². The summed E-state index contributed by atoms with van der Waals surface area (Å²) in [4.78, 5) is 20.0. The van der Waals surface area contributed by atoms with Gasteiger partial charge in [-0.25, -0.2) is 14.1 Å². The van der Waals surface area contributed by atoms with Crippen molar-refractivity contribution < 1.29 is 18.3 Å². The Kier molecular flexibility index (Phi) is 5.48. The summed E-state index contributed by atoms with van der Waals surface area (Å²) in [6.07, 6.45) is 4.98. The monoisotopic (exact) mass is 533 g/mol. The number of hydrogen-bond donors (Lipinski definition) is 1. The van der Waals surface area contributed by atoms with Crippen molar-refractivity contribution in [2.24, 2.45) is 0 Å². The number of fused-ring (bicyclic) bond motifs is 1. The summed E-state index contributed by atoms with van der Waals surface area (Å²) in [5.74, 6) is 0.0782. The van der Waals surface area contributed by atoms with Crippen LogP contribution in [0.3, 0.4) is 0 Å².